The summed E-state index contributed by atoms with van der Waals surface area (Å²) >= 11 is 11.5. The first-order chi connectivity index (χ1) is 4.34. The molecule has 0 N–H and O–H groups in total. The zero-order chi connectivity index (χ0) is 6.69. The molecule has 0 radical (unpaired) electrons. The zero-order valence-corrected chi connectivity index (χ0v) is 6.75. The van der Waals surface area contributed by atoms with Gasteiger partial charge in [-0.1, -0.05) is 18.0 Å². The molecule has 52 valence electrons. The highest BCUT2D eigenvalue weighted by Crippen LogP contribution is 2.27. The largest absolute Gasteiger partial charge is 0.118 e. The first kappa shape index (κ1) is 7.43. The number of alkyl halides is 1. The summed E-state index contributed by atoms with van der Waals surface area (Å²) < 4.78 is 0. The van der Waals surface area contributed by atoms with Gasteiger partial charge in [-0.05, 0) is 24.8 Å². The smallest absolute Gasteiger partial charge is 0.0556 e. The molecule has 0 aromatic heterocycles. The SMILES string of the molecule is Cl/C=C1\CCCCC1Cl. The summed E-state index contributed by atoms with van der Waals surface area (Å²) in [4.78, 5) is 0. The van der Waals surface area contributed by atoms with Gasteiger partial charge in [-0.2, -0.15) is 0 Å². The van der Waals surface area contributed by atoms with Gasteiger partial charge in [0.15, 0.2) is 0 Å². The molecule has 0 aromatic rings. The summed E-state index contributed by atoms with van der Waals surface area (Å²) in [6.45, 7) is 0. The second-order valence-electron chi connectivity index (χ2n) is 2.40. The van der Waals surface area contributed by atoms with Crippen LogP contribution in [0.2, 0.25) is 0 Å². The van der Waals surface area contributed by atoms with Crippen molar-refractivity contribution in [3.63, 3.8) is 0 Å². The molecule has 1 aliphatic rings. The lowest BCUT2D eigenvalue weighted by Crippen LogP contribution is -2.08. The van der Waals surface area contributed by atoms with Gasteiger partial charge in [0.25, 0.3) is 0 Å². The number of hydrogen-bond acceptors (Lipinski definition) is 0. The average Bonchev–Trinajstić information content (AvgIpc) is 1.89. The predicted molar refractivity (Wildman–Crippen MR) is 42.0 cm³/mol. The second-order valence-corrected chi connectivity index (χ2v) is 3.14. The highest BCUT2D eigenvalue weighted by molar-refractivity contribution is 6.28. The van der Waals surface area contributed by atoms with E-state index in [1.807, 2.05) is 0 Å². The third-order valence-corrected chi connectivity index (χ3v) is 2.49. The number of halogens is 2. The molecular weight excluding hydrogens is 155 g/mol. The molecule has 0 nitrogen and oxygen atoms in total. The van der Waals surface area contributed by atoms with Crippen molar-refractivity contribution in [2.24, 2.45) is 0 Å². The summed E-state index contributed by atoms with van der Waals surface area (Å²) in [5.41, 5.74) is 2.85. The Morgan fingerprint density at radius 1 is 1.44 bits per heavy atom. The Hall–Kier alpha value is 0.320. The van der Waals surface area contributed by atoms with Gasteiger partial charge in [0.05, 0.1) is 5.38 Å². The highest BCUT2D eigenvalue weighted by atomic mass is 35.5. The van der Waals surface area contributed by atoms with Crippen LogP contribution < -0.4 is 0 Å². The van der Waals surface area contributed by atoms with E-state index in [4.69, 9.17) is 23.2 Å². The van der Waals surface area contributed by atoms with E-state index in [1.54, 1.807) is 5.54 Å². The molecule has 2 heteroatoms. The average molecular weight is 165 g/mol. The van der Waals surface area contributed by atoms with Crippen molar-refractivity contribution >= 4 is 23.2 Å². The summed E-state index contributed by atoms with van der Waals surface area (Å²) in [7, 11) is 0. The van der Waals surface area contributed by atoms with Crippen LogP contribution >= 0.6 is 23.2 Å². The molecule has 1 saturated carbocycles. The van der Waals surface area contributed by atoms with Crippen molar-refractivity contribution in [3.8, 4) is 0 Å². The van der Waals surface area contributed by atoms with E-state index in [2.05, 4.69) is 0 Å². The van der Waals surface area contributed by atoms with Crippen LogP contribution in [0.1, 0.15) is 25.7 Å². The Morgan fingerprint density at radius 2 is 2.22 bits per heavy atom. The van der Waals surface area contributed by atoms with Gasteiger partial charge < -0.3 is 0 Å². The lowest BCUT2D eigenvalue weighted by Gasteiger charge is -2.18. The van der Waals surface area contributed by atoms with E-state index in [9.17, 15) is 0 Å². The first-order valence-electron chi connectivity index (χ1n) is 3.28. The fraction of sp³-hybridized carbons (Fsp3) is 0.714. The molecule has 0 aromatic carbocycles. The van der Waals surface area contributed by atoms with Gasteiger partial charge in [-0.3, -0.25) is 0 Å². The topological polar surface area (TPSA) is 0 Å². The predicted octanol–water partition coefficient (Wildman–Crippen LogP) is 3.29. The van der Waals surface area contributed by atoms with E-state index in [0.717, 1.165) is 12.8 Å². The third-order valence-electron chi connectivity index (χ3n) is 1.72. The Labute approximate surface area is 65.8 Å². The standard InChI is InChI=1S/C7H10Cl2/c8-5-6-3-1-2-4-7(6)9/h5,7H,1-4H2/b6-5+. The first-order valence-corrected chi connectivity index (χ1v) is 4.15. The van der Waals surface area contributed by atoms with E-state index in [-0.39, 0.29) is 5.38 Å². The maximum atomic E-state index is 5.93. The maximum absolute atomic E-state index is 5.93. The van der Waals surface area contributed by atoms with Crippen molar-refractivity contribution in [3.05, 3.63) is 11.1 Å². The van der Waals surface area contributed by atoms with Crippen LogP contribution in [0.15, 0.2) is 11.1 Å². The fourth-order valence-electron chi connectivity index (χ4n) is 1.12. The van der Waals surface area contributed by atoms with Gasteiger partial charge in [-0.15, -0.1) is 11.6 Å². The summed E-state index contributed by atoms with van der Waals surface area (Å²) in [5.74, 6) is 0. The lowest BCUT2D eigenvalue weighted by molar-refractivity contribution is 0.605. The van der Waals surface area contributed by atoms with E-state index in [1.165, 1.54) is 18.4 Å². The van der Waals surface area contributed by atoms with E-state index in [0.29, 0.717) is 0 Å². The van der Waals surface area contributed by atoms with Crippen LogP contribution in [-0.4, -0.2) is 5.38 Å². The van der Waals surface area contributed by atoms with Crippen molar-refractivity contribution in [2.75, 3.05) is 0 Å². The Balaban J connectivity index is 2.49. The fourth-order valence-corrected chi connectivity index (χ4v) is 1.77. The Morgan fingerprint density at radius 3 is 2.67 bits per heavy atom. The van der Waals surface area contributed by atoms with Crippen LogP contribution in [0.4, 0.5) is 0 Å². The minimum absolute atomic E-state index is 0.219. The molecule has 0 saturated heterocycles. The molecule has 1 aliphatic carbocycles. The van der Waals surface area contributed by atoms with E-state index < -0.39 is 0 Å². The monoisotopic (exact) mass is 164 g/mol. The minimum atomic E-state index is 0.219. The molecule has 1 unspecified atom stereocenters. The van der Waals surface area contributed by atoms with Gasteiger partial charge >= 0.3 is 0 Å². The Bertz CT molecular complexity index is 118. The van der Waals surface area contributed by atoms with Crippen LogP contribution in [0, 0.1) is 0 Å². The quantitative estimate of drug-likeness (QED) is 0.483. The molecule has 0 aliphatic heterocycles. The molecule has 9 heavy (non-hydrogen) atoms. The lowest BCUT2D eigenvalue weighted by atomic mass is 9.96. The summed E-state index contributed by atoms with van der Waals surface area (Å²) in [6.07, 6.45) is 4.70. The van der Waals surface area contributed by atoms with Crippen LogP contribution in [-0.2, 0) is 0 Å². The summed E-state index contributed by atoms with van der Waals surface area (Å²) in [6, 6.07) is 0. The summed E-state index contributed by atoms with van der Waals surface area (Å²) in [5, 5.41) is 0.219. The van der Waals surface area contributed by atoms with Gasteiger partial charge in [0.2, 0.25) is 0 Å². The maximum Gasteiger partial charge on any atom is 0.0556 e. The molecule has 1 atom stereocenters. The van der Waals surface area contributed by atoms with E-state index >= 15 is 0 Å². The van der Waals surface area contributed by atoms with Crippen LogP contribution in [0.3, 0.4) is 0 Å². The molecular formula is C7H10Cl2. The van der Waals surface area contributed by atoms with Crippen molar-refractivity contribution in [2.45, 2.75) is 31.1 Å². The molecule has 0 bridgehead atoms. The van der Waals surface area contributed by atoms with Crippen molar-refractivity contribution < 1.29 is 0 Å². The third kappa shape index (κ3) is 1.87. The molecule has 1 rings (SSSR count). The van der Waals surface area contributed by atoms with Crippen molar-refractivity contribution in [1.82, 2.24) is 0 Å². The van der Waals surface area contributed by atoms with Crippen LogP contribution in [0.5, 0.6) is 0 Å². The number of hydrogen-bond donors (Lipinski definition) is 0. The Kier molecular flexibility index (Phi) is 2.87. The molecule has 0 heterocycles. The zero-order valence-electron chi connectivity index (χ0n) is 5.24. The molecule has 0 spiro atoms. The van der Waals surface area contributed by atoms with Gasteiger partial charge in [0.1, 0.15) is 0 Å². The normalized spacial score (nSPS) is 33.1. The molecule has 0 amide bonds. The number of allylic oxidation sites excluding steroid dienone is 1. The van der Waals surface area contributed by atoms with Gasteiger partial charge in [-0.25, -0.2) is 0 Å². The van der Waals surface area contributed by atoms with Crippen molar-refractivity contribution in [1.29, 1.82) is 0 Å². The number of rotatable bonds is 0. The van der Waals surface area contributed by atoms with Crippen LogP contribution in [0.25, 0.3) is 0 Å². The molecule has 1 fully saturated rings. The minimum Gasteiger partial charge on any atom is -0.118 e. The second kappa shape index (κ2) is 3.48. The van der Waals surface area contributed by atoms with Gasteiger partial charge in [0, 0.05) is 5.54 Å². The highest BCUT2D eigenvalue weighted by Gasteiger charge is 2.14.